The Morgan fingerprint density at radius 2 is 1.71 bits per heavy atom. The highest BCUT2D eigenvalue weighted by Crippen LogP contribution is 2.24. The predicted molar refractivity (Wildman–Crippen MR) is 86.9 cm³/mol. The molecule has 0 heterocycles. The van der Waals surface area contributed by atoms with Gasteiger partial charge in [-0.2, -0.15) is 0 Å². The minimum absolute atomic E-state index is 0.239. The smallest absolute Gasteiger partial charge is 0.330 e. The van der Waals surface area contributed by atoms with Crippen LogP contribution in [0.25, 0.3) is 0 Å². The lowest BCUT2D eigenvalue weighted by atomic mass is 10.1. The van der Waals surface area contributed by atoms with E-state index in [2.05, 4.69) is 5.32 Å². The monoisotopic (exact) mass is 371 g/mol. The third-order valence-corrected chi connectivity index (χ3v) is 3.40. The number of benzene rings is 2. The lowest BCUT2D eigenvalue weighted by Gasteiger charge is -2.15. The average Bonchev–Trinajstić information content (AvgIpc) is 2.50. The molecule has 0 radical (unpaired) electrons. The van der Waals surface area contributed by atoms with Crippen LogP contribution in [-0.4, -0.2) is 23.6 Å². The maximum absolute atomic E-state index is 12.9. The second-order valence-corrected chi connectivity index (χ2v) is 5.66. The molecular formula is C16H12Cl2FNO4. The highest BCUT2D eigenvalue weighted by Gasteiger charge is 2.22. The van der Waals surface area contributed by atoms with Crippen LogP contribution in [-0.2, 0) is 9.59 Å². The van der Waals surface area contributed by atoms with Gasteiger partial charge in [0.25, 0.3) is 5.91 Å². The molecule has 1 atom stereocenters. The Hall–Kier alpha value is -2.31. The fourth-order valence-electron chi connectivity index (χ4n) is 1.91. The van der Waals surface area contributed by atoms with E-state index in [0.717, 1.165) is 12.1 Å². The van der Waals surface area contributed by atoms with E-state index in [0.29, 0.717) is 10.0 Å². The van der Waals surface area contributed by atoms with Gasteiger partial charge in [-0.05, 0) is 35.9 Å². The molecule has 126 valence electrons. The molecule has 24 heavy (non-hydrogen) atoms. The van der Waals surface area contributed by atoms with Gasteiger partial charge in [0.1, 0.15) is 11.6 Å². The number of rotatable bonds is 6. The quantitative estimate of drug-likeness (QED) is 0.815. The number of carbonyl (C=O) groups excluding carboxylic acids is 1. The van der Waals surface area contributed by atoms with E-state index in [9.17, 15) is 19.1 Å². The van der Waals surface area contributed by atoms with Gasteiger partial charge in [-0.1, -0.05) is 35.3 Å². The van der Waals surface area contributed by atoms with Gasteiger partial charge in [0.15, 0.2) is 12.6 Å². The van der Waals surface area contributed by atoms with Crippen LogP contribution in [0.5, 0.6) is 5.75 Å². The lowest BCUT2D eigenvalue weighted by Crippen LogP contribution is -2.36. The first-order chi connectivity index (χ1) is 11.3. The Bertz CT molecular complexity index is 732. The summed E-state index contributed by atoms with van der Waals surface area (Å²) in [5.74, 6) is -2.17. The van der Waals surface area contributed by atoms with E-state index < -0.39 is 30.3 Å². The molecule has 0 aliphatic heterocycles. The largest absolute Gasteiger partial charge is 0.484 e. The van der Waals surface area contributed by atoms with Crippen LogP contribution in [0.1, 0.15) is 11.6 Å². The van der Waals surface area contributed by atoms with E-state index in [4.69, 9.17) is 27.9 Å². The van der Waals surface area contributed by atoms with Gasteiger partial charge in [0.05, 0.1) is 0 Å². The molecule has 2 aromatic rings. The minimum atomic E-state index is -1.32. The summed E-state index contributed by atoms with van der Waals surface area (Å²) in [4.78, 5) is 23.2. The van der Waals surface area contributed by atoms with E-state index in [1.165, 1.54) is 30.3 Å². The van der Waals surface area contributed by atoms with Crippen molar-refractivity contribution in [2.24, 2.45) is 0 Å². The molecule has 0 spiro atoms. The van der Waals surface area contributed by atoms with E-state index in [-0.39, 0.29) is 11.3 Å². The highest BCUT2D eigenvalue weighted by atomic mass is 35.5. The van der Waals surface area contributed by atoms with Crippen molar-refractivity contribution in [1.29, 1.82) is 0 Å². The van der Waals surface area contributed by atoms with E-state index in [1.807, 2.05) is 0 Å². The minimum Gasteiger partial charge on any atom is -0.484 e. The lowest BCUT2D eigenvalue weighted by molar-refractivity contribution is -0.142. The van der Waals surface area contributed by atoms with Crippen LogP contribution in [0.4, 0.5) is 4.39 Å². The molecule has 0 aliphatic carbocycles. The summed E-state index contributed by atoms with van der Waals surface area (Å²) in [6.45, 7) is -0.429. The zero-order valence-corrected chi connectivity index (χ0v) is 13.6. The molecule has 0 saturated heterocycles. The molecule has 0 aliphatic rings. The van der Waals surface area contributed by atoms with Crippen LogP contribution >= 0.6 is 23.2 Å². The predicted octanol–water partition coefficient (Wildman–Crippen LogP) is 3.45. The van der Waals surface area contributed by atoms with Gasteiger partial charge < -0.3 is 15.2 Å². The van der Waals surface area contributed by atoms with Gasteiger partial charge in [-0.25, -0.2) is 9.18 Å². The number of hydrogen-bond acceptors (Lipinski definition) is 3. The molecule has 1 unspecified atom stereocenters. The Morgan fingerprint density at radius 1 is 1.12 bits per heavy atom. The number of carboxylic acids is 1. The Balaban J connectivity index is 2.00. The third-order valence-electron chi connectivity index (χ3n) is 2.96. The number of halogens is 3. The Morgan fingerprint density at radius 3 is 2.25 bits per heavy atom. The first kappa shape index (κ1) is 18.0. The van der Waals surface area contributed by atoms with Crippen LogP contribution in [0.15, 0.2) is 42.5 Å². The topological polar surface area (TPSA) is 75.6 Å². The van der Waals surface area contributed by atoms with Gasteiger partial charge in [-0.15, -0.1) is 0 Å². The molecule has 2 rings (SSSR count). The number of amides is 1. The van der Waals surface area contributed by atoms with Crippen LogP contribution < -0.4 is 10.1 Å². The van der Waals surface area contributed by atoms with E-state index >= 15 is 0 Å². The maximum atomic E-state index is 12.9. The average molecular weight is 372 g/mol. The summed E-state index contributed by atoms with van der Waals surface area (Å²) in [5, 5.41) is 12.2. The third kappa shape index (κ3) is 5.11. The molecule has 0 bridgehead atoms. The van der Waals surface area contributed by atoms with Crippen molar-refractivity contribution in [3.05, 3.63) is 63.9 Å². The molecule has 0 saturated carbocycles. The molecule has 8 heteroatoms. The van der Waals surface area contributed by atoms with Gasteiger partial charge in [0, 0.05) is 10.0 Å². The second kappa shape index (κ2) is 7.99. The SMILES string of the molecule is O=C(COc1cc(Cl)cc(Cl)c1)NC(C(=O)O)c1ccc(F)cc1. The van der Waals surface area contributed by atoms with Gasteiger partial charge in [-0.3, -0.25) is 4.79 Å². The van der Waals surface area contributed by atoms with Crippen molar-refractivity contribution >= 4 is 35.1 Å². The van der Waals surface area contributed by atoms with Crippen molar-refractivity contribution in [3.8, 4) is 5.75 Å². The summed E-state index contributed by atoms with van der Waals surface area (Å²) in [7, 11) is 0. The van der Waals surface area contributed by atoms with Crippen molar-refractivity contribution in [2.75, 3.05) is 6.61 Å². The van der Waals surface area contributed by atoms with Crippen LogP contribution in [0.2, 0.25) is 10.0 Å². The maximum Gasteiger partial charge on any atom is 0.330 e. The number of carboxylic acid groups (broad SMARTS) is 1. The molecule has 0 aromatic heterocycles. The Kier molecular flexibility index (Phi) is 6.00. The standard InChI is InChI=1S/C16H12Cl2FNO4/c17-10-5-11(18)7-13(6-10)24-8-14(21)20-15(16(22)23)9-1-3-12(19)4-2-9/h1-7,15H,8H2,(H,20,21)(H,22,23). The number of ether oxygens (including phenoxy) is 1. The fraction of sp³-hybridized carbons (Fsp3) is 0.125. The molecular weight excluding hydrogens is 360 g/mol. The zero-order valence-electron chi connectivity index (χ0n) is 12.1. The Labute approximate surface area is 147 Å². The van der Waals surface area contributed by atoms with Gasteiger partial charge >= 0.3 is 5.97 Å². The highest BCUT2D eigenvalue weighted by molar-refractivity contribution is 6.34. The molecule has 2 N–H and O–H groups in total. The van der Waals surface area contributed by atoms with E-state index in [1.54, 1.807) is 0 Å². The molecule has 5 nitrogen and oxygen atoms in total. The summed E-state index contributed by atoms with van der Waals surface area (Å²) in [6, 6.07) is 7.92. The van der Waals surface area contributed by atoms with Crippen molar-refractivity contribution < 1.29 is 23.8 Å². The number of aliphatic carboxylic acids is 1. The normalized spacial score (nSPS) is 11.6. The number of nitrogens with one attached hydrogen (secondary N) is 1. The molecule has 1 amide bonds. The molecule has 2 aromatic carbocycles. The first-order valence-electron chi connectivity index (χ1n) is 6.71. The summed E-state index contributed by atoms with van der Waals surface area (Å²) in [6.07, 6.45) is 0. The zero-order chi connectivity index (χ0) is 17.7. The number of carbonyl (C=O) groups is 2. The van der Waals surface area contributed by atoms with Crippen molar-refractivity contribution in [1.82, 2.24) is 5.32 Å². The summed E-state index contributed by atoms with van der Waals surface area (Å²) >= 11 is 11.6. The number of hydrogen-bond donors (Lipinski definition) is 2. The first-order valence-corrected chi connectivity index (χ1v) is 7.47. The fourth-order valence-corrected chi connectivity index (χ4v) is 2.41. The molecule has 0 fully saturated rings. The summed E-state index contributed by atoms with van der Waals surface area (Å²) in [5.41, 5.74) is 0.239. The van der Waals surface area contributed by atoms with Gasteiger partial charge in [0.2, 0.25) is 0 Å². The van der Waals surface area contributed by atoms with Crippen molar-refractivity contribution in [2.45, 2.75) is 6.04 Å². The van der Waals surface area contributed by atoms with Crippen LogP contribution in [0, 0.1) is 5.82 Å². The van der Waals surface area contributed by atoms with Crippen LogP contribution in [0.3, 0.4) is 0 Å². The second-order valence-electron chi connectivity index (χ2n) is 4.78. The summed E-state index contributed by atoms with van der Waals surface area (Å²) < 4.78 is 18.1. The van der Waals surface area contributed by atoms with Crippen molar-refractivity contribution in [3.63, 3.8) is 0 Å².